The smallest absolute Gasteiger partial charge is 0.279 e. The van der Waals surface area contributed by atoms with Crippen LogP contribution in [0.25, 0.3) is 16.5 Å². The van der Waals surface area contributed by atoms with Gasteiger partial charge in [-0.1, -0.05) is 54.6 Å². The van der Waals surface area contributed by atoms with Crippen molar-refractivity contribution in [1.29, 1.82) is 0 Å². The molecule has 0 spiro atoms. The van der Waals surface area contributed by atoms with Gasteiger partial charge in [0.1, 0.15) is 5.82 Å². The van der Waals surface area contributed by atoms with Crippen molar-refractivity contribution >= 4 is 16.7 Å². The van der Waals surface area contributed by atoms with Gasteiger partial charge < -0.3 is 5.32 Å². The minimum absolute atomic E-state index is 0.104. The first kappa shape index (κ1) is 18.6. The third-order valence-electron chi connectivity index (χ3n) is 4.74. The third kappa shape index (κ3) is 3.52. The summed E-state index contributed by atoms with van der Waals surface area (Å²) in [4.78, 5) is 25.9. The van der Waals surface area contributed by atoms with Crippen molar-refractivity contribution in [3.8, 4) is 5.69 Å². The number of fused-ring (bicyclic) bond motifs is 1. The first-order chi connectivity index (χ1) is 14.1. The SMILES string of the molecule is C[C@@H](NC(=O)c1nn(-c2ccccc2)c(=O)c2ccccc12)c1ccccc1F. The average Bonchev–Trinajstić information content (AvgIpc) is 2.75. The molecule has 0 saturated heterocycles. The molecule has 29 heavy (non-hydrogen) atoms. The van der Waals surface area contributed by atoms with E-state index in [0.717, 1.165) is 0 Å². The van der Waals surface area contributed by atoms with Crippen LogP contribution in [-0.2, 0) is 0 Å². The van der Waals surface area contributed by atoms with Crippen LogP contribution >= 0.6 is 0 Å². The molecule has 0 unspecified atom stereocenters. The summed E-state index contributed by atoms with van der Waals surface area (Å²) in [5.41, 5.74) is 0.721. The van der Waals surface area contributed by atoms with Gasteiger partial charge >= 0.3 is 0 Å². The Morgan fingerprint density at radius 3 is 2.28 bits per heavy atom. The lowest BCUT2D eigenvalue weighted by atomic mass is 10.1. The number of halogens is 1. The lowest BCUT2D eigenvalue weighted by Gasteiger charge is -2.16. The van der Waals surface area contributed by atoms with Crippen LogP contribution in [0.15, 0.2) is 83.7 Å². The molecule has 4 aromatic rings. The maximum atomic E-state index is 14.1. The number of carbonyl (C=O) groups is 1. The fourth-order valence-corrected chi connectivity index (χ4v) is 3.27. The molecule has 0 fully saturated rings. The van der Waals surface area contributed by atoms with Gasteiger partial charge in [-0.25, -0.2) is 4.39 Å². The fraction of sp³-hybridized carbons (Fsp3) is 0.0870. The molecule has 0 aliphatic carbocycles. The lowest BCUT2D eigenvalue weighted by Crippen LogP contribution is -2.31. The molecule has 6 heteroatoms. The zero-order valence-corrected chi connectivity index (χ0v) is 15.7. The number of nitrogens with one attached hydrogen (secondary N) is 1. The highest BCUT2D eigenvalue weighted by Gasteiger charge is 2.20. The number of hydrogen-bond donors (Lipinski definition) is 1. The zero-order chi connectivity index (χ0) is 20.4. The van der Waals surface area contributed by atoms with Crippen LogP contribution < -0.4 is 10.9 Å². The number of aromatic nitrogens is 2. The van der Waals surface area contributed by atoms with Gasteiger partial charge in [0.2, 0.25) is 0 Å². The average molecular weight is 387 g/mol. The Labute approximate surface area is 166 Å². The Balaban J connectivity index is 1.81. The Morgan fingerprint density at radius 2 is 1.55 bits per heavy atom. The minimum Gasteiger partial charge on any atom is -0.344 e. The Kier molecular flexibility index (Phi) is 4.91. The summed E-state index contributed by atoms with van der Waals surface area (Å²) in [7, 11) is 0. The number of benzene rings is 3. The van der Waals surface area contributed by atoms with E-state index in [9.17, 15) is 14.0 Å². The number of carbonyl (C=O) groups excluding carboxylic acids is 1. The van der Waals surface area contributed by atoms with Gasteiger partial charge in [-0.05, 0) is 31.2 Å². The van der Waals surface area contributed by atoms with E-state index in [1.54, 1.807) is 73.7 Å². The van der Waals surface area contributed by atoms with Crippen LogP contribution in [0.4, 0.5) is 4.39 Å². The van der Waals surface area contributed by atoms with E-state index < -0.39 is 17.8 Å². The molecule has 1 N–H and O–H groups in total. The second-order valence-corrected chi connectivity index (χ2v) is 6.66. The quantitative estimate of drug-likeness (QED) is 0.575. The molecule has 1 atom stereocenters. The maximum Gasteiger partial charge on any atom is 0.279 e. The minimum atomic E-state index is -0.568. The Morgan fingerprint density at radius 1 is 0.931 bits per heavy atom. The molecule has 4 rings (SSSR count). The number of amides is 1. The molecule has 144 valence electrons. The van der Waals surface area contributed by atoms with Gasteiger partial charge in [-0.15, -0.1) is 0 Å². The molecule has 5 nitrogen and oxygen atoms in total. The van der Waals surface area contributed by atoms with E-state index >= 15 is 0 Å². The largest absolute Gasteiger partial charge is 0.344 e. The van der Waals surface area contributed by atoms with Crippen molar-refractivity contribution in [3.63, 3.8) is 0 Å². The van der Waals surface area contributed by atoms with Crippen LogP contribution in [0, 0.1) is 5.82 Å². The zero-order valence-electron chi connectivity index (χ0n) is 15.7. The summed E-state index contributed by atoms with van der Waals surface area (Å²) in [5, 5.41) is 7.96. The summed E-state index contributed by atoms with van der Waals surface area (Å²) in [5.74, 6) is -0.881. The predicted molar refractivity (Wildman–Crippen MR) is 110 cm³/mol. The van der Waals surface area contributed by atoms with Crippen molar-refractivity contribution in [2.45, 2.75) is 13.0 Å². The third-order valence-corrected chi connectivity index (χ3v) is 4.74. The summed E-state index contributed by atoms with van der Waals surface area (Å²) >= 11 is 0. The van der Waals surface area contributed by atoms with Crippen molar-refractivity contribution in [2.24, 2.45) is 0 Å². The molecule has 0 radical (unpaired) electrons. The number of nitrogens with zero attached hydrogens (tertiary/aromatic N) is 2. The van der Waals surface area contributed by atoms with E-state index in [2.05, 4.69) is 10.4 Å². The molecule has 1 heterocycles. The molecule has 0 aliphatic rings. The molecular weight excluding hydrogens is 369 g/mol. The topological polar surface area (TPSA) is 64.0 Å². The molecule has 0 bridgehead atoms. The number of para-hydroxylation sites is 1. The van der Waals surface area contributed by atoms with Gasteiger partial charge in [-0.3, -0.25) is 9.59 Å². The predicted octanol–water partition coefficient (Wildman–Crippen LogP) is 4.02. The first-order valence-corrected chi connectivity index (χ1v) is 9.19. The number of rotatable bonds is 4. The fourth-order valence-electron chi connectivity index (χ4n) is 3.27. The summed E-state index contributed by atoms with van der Waals surface area (Å²) < 4.78 is 15.3. The van der Waals surface area contributed by atoms with Crippen LogP contribution in [-0.4, -0.2) is 15.7 Å². The Bertz CT molecular complexity index is 1250. The van der Waals surface area contributed by atoms with Gasteiger partial charge in [0.15, 0.2) is 5.69 Å². The first-order valence-electron chi connectivity index (χ1n) is 9.19. The van der Waals surface area contributed by atoms with Crippen molar-refractivity contribution < 1.29 is 9.18 Å². The monoisotopic (exact) mass is 387 g/mol. The van der Waals surface area contributed by atoms with Crippen LogP contribution in [0.1, 0.15) is 29.0 Å². The maximum absolute atomic E-state index is 14.1. The number of hydrogen-bond acceptors (Lipinski definition) is 3. The molecule has 1 aromatic heterocycles. The van der Waals surface area contributed by atoms with Crippen molar-refractivity contribution in [2.75, 3.05) is 0 Å². The Hall–Kier alpha value is -3.80. The van der Waals surface area contributed by atoms with E-state index in [-0.39, 0.29) is 11.3 Å². The summed E-state index contributed by atoms with van der Waals surface area (Å²) in [6.45, 7) is 1.70. The normalized spacial score (nSPS) is 11.9. The van der Waals surface area contributed by atoms with Crippen LogP contribution in [0.3, 0.4) is 0 Å². The van der Waals surface area contributed by atoms with E-state index in [0.29, 0.717) is 22.0 Å². The molecule has 1 amide bonds. The molecular formula is C23H18FN3O2. The van der Waals surface area contributed by atoms with Crippen LogP contribution in [0.5, 0.6) is 0 Å². The van der Waals surface area contributed by atoms with Crippen molar-refractivity contribution in [1.82, 2.24) is 15.1 Å². The van der Waals surface area contributed by atoms with E-state index in [4.69, 9.17) is 0 Å². The second-order valence-electron chi connectivity index (χ2n) is 6.66. The standard InChI is InChI=1S/C23H18FN3O2/c1-15(17-11-7-8-14-20(17)24)25-22(28)21-18-12-5-6-13-19(18)23(29)27(26-21)16-9-3-2-4-10-16/h2-15H,1H3,(H,25,28)/t15-/m1/s1. The highest BCUT2D eigenvalue weighted by molar-refractivity contribution is 6.05. The molecule has 0 saturated carbocycles. The molecule has 3 aromatic carbocycles. The van der Waals surface area contributed by atoms with Gasteiger partial charge in [0.25, 0.3) is 11.5 Å². The van der Waals surface area contributed by atoms with Gasteiger partial charge in [0, 0.05) is 10.9 Å². The highest BCUT2D eigenvalue weighted by atomic mass is 19.1. The van der Waals surface area contributed by atoms with E-state index in [1.807, 2.05) is 6.07 Å². The highest BCUT2D eigenvalue weighted by Crippen LogP contribution is 2.19. The van der Waals surface area contributed by atoms with Gasteiger partial charge in [-0.2, -0.15) is 9.78 Å². The van der Waals surface area contributed by atoms with Crippen LogP contribution in [0.2, 0.25) is 0 Å². The summed E-state index contributed by atoms with van der Waals surface area (Å²) in [6.07, 6.45) is 0. The van der Waals surface area contributed by atoms with Crippen molar-refractivity contribution in [3.05, 3.63) is 106 Å². The second kappa shape index (κ2) is 7.67. The van der Waals surface area contributed by atoms with E-state index in [1.165, 1.54) is 10.7 Å². The van der Waals surface area contributed by atoms with Gasteiger partial charge in [0.05, 0.1) is 17.1 Å². The lowest BCUT2D eigenvalue weighted by molar-refractivity contribution is 0.0934. The summed E-state index contributed by atoms with van der Waals surface area (Å²) in [6, 6.07) is 21.4. The molecule has 0 aliphatic heterocycles.